The third kappa shape index (κ3) is 3.16. The lowest BCUT2D eigenvalue weighted by Crippen LogP contribution is -1.99. The first-order valence-electron chi connectivity index (χ1n) is 6.21. The molecule has 4 nitrogen and oxygen atoms in total. The molecule has 0 aliphatic heterocycles. The van der Waals surface area contributed by atoms with Crippen LogP contribution in [0.15, 0.2) is 29.3 Å². The minimum atomic E-state index is 0.0502. The van der Waals surface area contributed by atoms with Crippen molar-refractivity contribution >= 4 is 11.8 Å². The Morgan fingerprint density at radius 1 is 1.15 bits per heavy atom. The number of nitriles is 1. The molecule has 0 fully saturated rings. The van der Waals surface area contributed by atoms with E-state index in [-0.39, 0.29) is 6.61 Å². The number of hydrogen-bond acceptors (Lipinski definition) is 5. The SMILES string of the molecule is Cc1nnc(SCc2ccc(CO)cc2)c(C#N)c1C. The average Bonchev–Trinajstić information content (AvgIpc) is 2.49. The molecule has 2 aromatic rings. The van der Waals surface area contributed by atoms with E-state index in [9.17, 15) is 5.26 Å². The van der Waals surface area contributed by atoms with Crippen molar-refractivity contribution in [2.45, 2.75) is 31.2 Å². The van der Waals surface area contributed by atoms with E-state index in [2.05, 4.69) is 16.3 Å². The smallest absolute Gasteiger partial charge is 0.137 e. The van der Waals surface area contributed by atoms with Gasteiger partial charge in [-0.25, -0.2) is 0 Å². The summed E-state index contributed by atoms with van der Waals surface area (Å²) < 4.78 is 0. The summed E-state index contributed by atoms with van der Waals surface area (Å²) in [5.74, 6) is 0.720. The highest BCUT2D eigenvalue weighted by Crippen LogP contribution is 2.26. The summed E-state index contributed by atoms with van der Waals surface area (Å²) >= 11 is 1.50. The number of rotatable bonds is 4. The maximum atomic E-state index is 9.23. The van der Waals surface area contributed by atoms with E-state index < -0.39 is 0 Å². The lowest BCUT2D eigenvalue weighted by molar-refractivity contribution is 0.282. The normalized spacial score (nSPS) is 10.3. The van der Waals surface area contributed by atoms with Gasteiger partial charge >= 0.3 is 0 Å². The Kier molecular flexibility index (Phi) is 4.72. The zero-order valence-corrected chi connectivity index (χ0v) is 12.2. The van der Waals surface area contributed by atoms with Crippen molar-refractivity contribution in [3.63, 3.8) is 0 Å². The summed E-state index contributed by atoms with van der Waals surface area (Å²) in [6, 6.07) is 9.94. The Labute approximate surface area is 122 Å². The monoisotopic (exact) mass is 285 g/mol. The van der Waals surface area contributed by atoms with Crippen LogP contribution in [0, 0.1) is 25.2 Å². The summed E-state index contributed by atoms with van der Waals surface area (Å²) in [5, 5.41) is 27.1. The molecule has 0 bridgehead atoms. The molecule has 2 rings (SSSR count). The van der Waals surface area contributed by atoms with Crippen molar-refractivity contribution in [2.75, 3.05) is 0 Å². The Balaban J connectivity index is 2.14. The van der Waals surface area contributed by atoms with E-state index in [4.69, 9.17) is 5.11 Å². The molecule has 0 unspecified atom stereocenters. The number of hydrogen-bond donors (Lipinski definition) is 1. The Bertz CT molecular complexity index is 647. The molecule has 0 saturated carbocycles. The van der Waals surface area contributed by atoms with Gasteiger partial charge < -0.3 is 5.11 Å². The van der Waals surface area contributed by atoms with E-state index >= 15 is 0 Å². The van der Waals surface area contributed by atoms with Crippen LogP contribution in [0.25, 0.3) is 0 Å². The fraction of sp³-hybridized carbons (Fsp3) is 0.267. The van der Waals surface area contributed by atoms with Gasteiger partial charge in [-0.15, -0.1) is 5.10 Å². The number of benzene rings is 1. The number of aliphatic hydroxyl groups excluding tert-OH is 1. The van der Waals surface area contributed by atoms with Crippen LogP contribution in [0.3, 0.4) is 0 Å². The highest BCUT2D eigenvalue weighted by atomic mass is 32.2. The molecule has 5 heteroatoms. The van der Waals surface area contributed by atoms with Gasteiger partial charge in [0.2, 0.25) is 0 Å². The van der Waals surface area contributed by atoms with Crippen LogP contribution >= 0.6 is 11.8 Å². The van der Waals surface area contributed by atoms with Gasteiger partial charge in [0.15, 0.2) is 0 Å². The van der Waals surface area contributed by atoms with Crippen LogP contribution < -0.4 is 0 Å². The molecule has 1 aromatic carbocycles. The zero-order chi connectivity index (χ0) is 14.5. The minimum Gasteiger partial charge on any atom is -0.392 e. The molecule has 0 atom stereocenters. The van der Waals surface area contributed by atoms with E-state index in [0.29, 0.717) is 10.6 Å². The number of aliphatic hydroxyl groups is 1. The van der Waals surface area contributed by atoms with Crippen molar-refractivity contribution in [2.24, 2.45) is 0 Å². The molecular weight excluding hydrogens is 270 g/mol. The summed E-state index contributed by atoms with van der Waals surface area (Å²) in [7, 11) is 0. The second-order valence-electron chi connectivity index (χ2n) is 4.47. The maximum absolute atomic E-state index is 9.23. The lowest BCUT2D eigenvalue weighted by Gasteiger charge is -2.07. The first-order chi connectivity index (χ1) is 9.65. The maximum Gasteiger partial charge on any atom is 0.137 e. The predicted molar refractivity (Wildman–Crippen MR) is 78.1 cm³/mol. The molecule has 102 valence electrons. The van der Waals surface area contributed by atoms with Crippen LogP contribution in [0.1, 0.15) is 27.9 Å². The third-order valence-corrected chi connectivity index (χ3v) is 4.15. The van der Waals surface area contributed by atoms with Gasteiger partial charge in [-0.2, -0.15) is 10.4 Å². The lowest BCUT2D eigenvalue weighted by atomic mass is 10.1. The highest BCUT2D eigenvalue weighted by molar-refractivity contribution is 7.98. The number of aromatic nitrogens is 2. The first kappa shape index (κ1) is 14.5. The molecule has 0 amide bonds. The Morgan fingerprint density at radius 3 is 2.40 bits per heavy atom. The number of aryl methyl sites for hydroxylation is 1. The van der Waals surface area contributed by atoms with Crippen LogP contribution in [0.5, 0.6) is 0 Å². The van der Waals surface area contributed by atoms with E-state index in [1.165, 1.54) is 11.8 Å². The second kappa shape index (κ2) is 6.51. The van der Waals surface area contributed by atoms with Gasteiger partial charge in [-0.1, -0.05) is 36.0 Å². The van der Waals surface area contributed by atoms with Crippen LogP contribution in [0.4, 0.5) is 0 Å². The van der Waals surface area contributed by atoms with Gasteiger partial charge in [-0.05, 0) is 30.5 Å². The quantitative estimate of drug-likeness (QED) is 0.875. The topological polar surface area (TPSA) is 69.8 Å². The molecule has 1 heterocycles. The van der Waals surface area contributed by atoms with E-state index in [1.807, 2.05) is 38.1 Å². The van der Waals surface area contributed by atoms with Crippen molar-refractivity contribution in [1.82, 2.24) is 10.2 Å². The summed E-state index contributed by atoms with van der Waals surface area (Å²) in [5.41, 5.74) is 4.30. The molecule has 0 radical (unpaired) electrons. The van der Waals surface area contributed by atoms with Crippen molar-refractivity contribution in [1.29, 1.82) is 5.26 Å². The molecule has 0 aliphatic carbocycles. The van der Waals surface area contributed by atoms with Crippen LogP contribution in [-0.4, -0.2) is 15.3 Å². The Morgan fingerprint density at radius 2 is 1.80 bits per heavy atom. The predicted octanol–water partition coefficient (Wildman–Crippen LogP) is 2.75. The van der Waals surface area contributed by atoms with Crippen molar-refractivity contribution < 1.29 is 5.11 Å². The number of nitrogens with zero attached hydrogens (tertiary/aromatic N) is 3. The van der Waals surface area contributed by atoms with E-state index in [0.717, 1.165) is 28.1 Å². The van der Waals surface area contributed by atoms with Crippen molar-refractivity contribution in [3.05, 3.63) is 52.2 Å². The second-order valence-corrected chi connectivity index (χ2v) is 5.43. The fourth-order valence-corrected chi connectivity index (χ4v) is 2.65. The minimum absolute atomic E-state index is 0.0502. The molecule has 1 aromatic heterocycles. The molecule has 20 heavy (non-hydrogen) atoms. The van der Waals surface area contributed by atoms with Gasteiger partial charge in [0.1, 0.15) is 11.1 Å². The summed E-state index contributed by atoms with van der Waals surface area (Å²) in [6.45, 7) is 3.79. The standard InChI is InChI=1S/C15H15N3OS/c1-10-11(2)17-18-15(14(10)7-16)20-9-13-5-3-12(8-19)4-6-13/h3-6,19H,8-9H2,1-2H3. The third-order valence-electron chi connectivity index (χ3n) is 3.12. The Hall–Kier alpha value is -1.90. The first-order valence-corrected chi connectivity index (χ1v) is 7.19. The average molecular weight is 285 g/mol. The van der Waals surface area contributed by atoms with Gasteiger partial charge in [0.25, 0.3) is 0 Å². The van der Waals surface area contributed by atoms with Crippen molar-refractivity contribution in [3.8, 4) is 6.07 Å². The molecular formula is C15H15N3OS. The van der Waals surface area contributed by atoms with Crippen LogP contribution in [0.2, 0.25) is 0 Å². The molecule has 0 saturated heterocycles. The fourth-order valence-electron chi connectivity index (χ4n) is 1.71. The largest absolute Gasteiger partial charge is 0.392 e. The molecule has 0 spiro atoms. The number of thioether (sulfide) groups is 1. The summed E-state index contributed by atoms with van der Waals surface area (Å²) in [4.78, 5) is 0. The summed E-state index contributed by atoms with van der Waals surface area (Å²) in [6.07, 6.45) is 0. The van der Waals surface area contributed by atoms with Crippen LogP contribution in [-0.2, 0) is 12.4 Å². The highest BCUT2D eigenvalue weighted by Gasteiger charge is 2.11. The van der Waals surface area contributed by atoms with E-state index in [1.54, 1.807) is 0 Å². The van der Waals surface area contributed by atoms with Gasteiger partial charge in [0.05, 0.1) is 17.9 Å². The molecule has 1 N–H and O–H groups in total. The molecule has 0 aliphatic rings. The van der Waals surface area contributed by atoms with Gasteiger partial charge in [0, 0.05) is 5.75 Å². The zero-order valence-electron chi connectivity index (χ0n) is 11.4. The van der Waals surface area contributed by atoms with Gasteiger partial charge in [-0.3, -0.25) is 0 Å².